The molecule has 0 bridgehead atoms. The molecule has 0 N–H and O–H groups in total. The lowest BCUT2D eigenvalue weighted by Gasteiger charge is -2.34. The van der Waals surface area contributed by atoms with Crippen molar-refractivity contribution in [3.63, 3.8) is 0 Å². The van der Waals surface area contributed by atoms with Crippen molar-refractivity contribution in [1.82, 2.24) is 19.8 Å². The molecule has 5 nitrogen and oxygen atoms in total. The third-order valence-corrected chi connectivity index (χ3v) is 6.67. The fourth-order valence-electron chi connectivity index (χ4n) is 4.20. The maximum Gasteiger partial charge on any atom is 0.266 e. The molecule has 0 spiro atoms. The summed E-state index contributed by atoms with van der Waals surface area (Å²) in [5.41, 5.74) is 1.14. The second-order valence-electron chi connectivity index (χ2n) is 7.68. The quantitative estimate of drug-likeness (QED) is 0.752. The molecule has 0 atom stereocenters. The number of thiazole rings is 1. The van der Waals surface area contributed by atoms with Crippen molar-refractivity contribution >= 4 is 17.2 Å². The minimum atomic E-state index is 0.142. The molecule has 2 fully saturated rings. The lowest BCUT2D eigenvalue weighted by Crippen LogP contribution is -2.40. The van der Waals surface area contributed by atoms with Crippen LogP contribution < -0.4 is 0 Å². The number of hydrogen-bond acceptors (Lipinski definition) is 5. The number of hydrogen-bond donors (Lipinski definition) is 0. The number of carbonyl (C=O) groups excluding carboxylic acids is 1. The van der Waals surface area contributed by atoms with Crippen LogP contribution in [0.2, 0.25) is 0 Å². The molecule has 0 radical (unpaired) electrons. The second kappa shape index (κ2) is 8.93. The summed E-state index contributed by atoms with van der Waals surface area (Å²) in [6.45, 7) is 3.84. The van der Waals surface area contributed by atoms with E-state index < -0.39 is 0 Å². The lowest BCUT2D eigenvalue weighted by molar-refractivity contribution is 0.0619. The van der Waals surface area contributed by atoms with Gasteiger partial charge in [0.25, 0.3) is 5.91 Å². The van der Waals surface area contributed by atoms with Crippen molar-refractivity contribution in [2.45, 2.75) is 64.1 Å². The van der Waals surface area contributed by atoms with Gasteiger partial charge >= 0.3 is 0 Å². The van der Waals surface area contributed by atoms with Gasteiger partial charge in [0, 0.05) is 25.0 Å². The van der Waals surface area contributed by atoms with Crippen molar-refractivity contribution in [3.05, 3.63) is 46.2 Å². The molecule has 27 heavy (non-hydrogen) atoms. The Morgan fingerprint density at radius 1 is 1.11 bits per heavy atom. The average molecular weight is 385 g/mol. The highest BCUT2D eigenvalue weighted by Gasteiger charge is 2.28. The van der Waals surface area contributed by atoms with E-state index in [1.165, 1.54) is 32.1 Å². The molecule has 1 saturated heterocycles. The highest BCUT2D eigenvalue weighted by molar-refractivity contribution is 7.13. The molecule has 1 aliphatic carbocycles. The summed E-state index contributed by atoms with van der Waals surface area (Å²) < 4.78 is 0. The van der Waals surface area contributed by atoms with Gasteiger partial charge < -0.3 is 4.90 Å². The van der Waals surface area contributed by atoms with E-state index in [2.05, 4.69) is 19.8 Å². The van der Waals surface area contributed by atoms with Gasteiger partial charge in [0.1, 0.15) is 9.88 Å². The van der Waals surface area contributed by atoms with Crippen LogP contribution in [0.5, 0.6) is 0 Å². The molecule has 4 rings (SSSR count). The van der Waals surface area contributed by atoms with Gasteiger partial charge in [-0.3, -0.25) is 14.7 Å². The summed E-state index contributed by atoms with van der Waals surface area (Å²) in [6, 6.07) is 4.35. The third kappa shape index (κ3) is 4.74. The molecule has 1 aliphatic heterocycles. The zero-order valence-corrected chi connectivity index (χ0v) is 16.7. The monoisotopic (exact) mass is 384 g/mol. The van der Waals surface area contributed by atoms with Crippen LogP contribution in [-0.2, 0) is 13.1 Å². The van der Waals surface area contributed by atoms with Crippen LogP contribution in [0.1, 0.15) is 65.2 Å². The van der Waals surface area contributed by atoms with Gasteiger partial charge in [-0.1, -0.05) is 19.3 Å². The van der Waals surface area contributed by atoms with Crippen LogP contribution in [0.3, 0.4) is 0 Å². The first-order chi connectivity index (χ1) is 13.3. The van der Waals surface area contributed by atoms with Crippen LogP contribution in [0.15, 0.2) is 30.7 Å². The van der Waals surface area contributed by atoms with E-state index in [1.807, 2.05) is 12.1 Å². The molecule has 144 valence electrons. The summed E-state index contributed by atoms with van der Waals surface area (Å²) in [6.07, 6.45) is 13.9. The number of amides is 1. The predicted octanol–water partition coefficient (Wildman–Crippen LogP) is 4.11. The summed E-state index contributed by atoms with van der Waals surface area (Å²) >= 11 is 1.57. The van der Waals surface area contributed by atoms with E-state index in [1.54, 1.807) is 29.9 Å². The first-order valence-corrected chi connectivity index (χ1v) is 11.0. The lowest BCUT2D eigenvalue weighted by atomic mass is 9.93. The Morgan fingerprint density at radius 2 is 1.85 bits per heavy atom. The van der Waals surface area contributed by atoms with Gasteiger partial charge in [0.05, 0.1) is 12.7 Å². The van der Waals surface area contributed by atoms with Crippen molar-refractivity contribution in [1.29, 1.82) is 0 Å². The van der Waals surface area contributed by atoms with Gasteiger partial charge in [-0.05, 0) is 56.5 Å². The van der Waals surface area contributed by atoms with Gasteiger partial charge in [0.15, 0.2) is 0 Å². The maximum absolute atomic E-state index is 13.4. The maximum atomic E-state index is 13.4. The number of carbonyl (C=O) groups is 1. The number of aromatic nitrogens is 2. The highest BCUT2D eigenvalue weighted by atomic mass is 32.1. The number of pyridine rings is 1. The van der Waals surface area contributed by atoms with Gasteiger partial charge in [-0.25, -0.2) is 4.98 Å². The van der Waals surface area contributed by atoms with Crippen LogP contribution in [0.25, 0.3) is 0 Å². The minimum Gasteiger partial charge on any atom is -0.331 e. The Balaban J connectivity index is 1.49. The average Bonchev–Trinajstić information content (AvgIpc) is 3.40. The van der Waals surface area contributed by atoms with Crippen molar-refractivity contribution in [3.8, 4) is 0 Å². The summed E-state index contributed by atoms with van der Waals surface area (Å²) in [5, 5.41) is 1.06. The molecular formula is C21H28N4OS. The first kappa shape index (κ1) is 18.6. The highest BCUT2D eigenvalue weighted by Crippen LogP contribution is 2.27. The first-order valence-electron chi connectivity index (χ1n) is 10.2. The number of rotatable bonds is 6. The SMILES string of the molecule is O=C(c1cnc(CN2CCCC2)s1)N(Cc1ccncc1)C1CCCCC1. The Morgan fingerprint density at radius 3 is 2.59 bits per heavy atom. The van der Waals surface area contributed by atoms with Crippen LogP contribution >= 0.6 is 11.3 Å². The van der Waals surface area contributed by atoms with Crippen molar-refractivity contribution in [2.75, 3.05) is 13.1 Å². The zero-order chi connectivity index (χ0) is 18.5. The van der Waals surface area contributed by atoms with Gasteiger partial charge in [-0.2, -0.15) is 0 Å². The molecule has 2 aromatic heterocycles. The van der Waals surface area contributed by atoms with Crippen molar-refractivity contribution < 1.29 is 4.79 Å². The smallest absolute Gasteiger partial charge is 0.266 e. The van der Waals surface area contributed by atoms with Gasteiger partial charge in [-0.15, -0.1) is 11.3 Å². The third-order valence-electron chi connectivity index (χ3n) is 5.70. The molecule has 1 saturated carbocycles. The molecular weight excluding hydrogens is 356 g/mol. The Bertz CT molecular complexity index is 736. The molecule has 2 aliphatic rings. The minimum absolute atomic E-state index is 0.142. The number of nitrogens with zero attached hydrogens (tertiary/aromatic N) is 4. The molecule has 6 heteroatoms. The Labute approximate surface area is 165 Å². The van der Waals surface area contributed by atoms with E-state index in [4.69, 9.17) is 0 Å². The summed E-state index contributed by atoms with van der Waals surface area (Å²) in [4.78, 5) is 27.3. The zero-order valence-electron chi connectivity index (χ0n) is 15.8. The van der Waals surface area contributed by atoms with Crippen LogP contribution in [0.4, 0.5) is 0 Å². The van der Waals surface area contributed by atoms with E-state index in [-0.39, 0.29) is 5.91 Å². The second-order valence-corrected chi connectivity index (χ2v) is 8.80. The van der Waals surface area contributed by atoms with E-state index in [0.29, 0.717) is 12.6 Å². The van der Waals surface area contributed by atoms with Crippen molar-refractivity contribution in [2.24, 2.45) is 0 Å². The normalized spacial score (nSPS) is 18.7. The van der Waals surface area contributed by atoms with Crippen LogP contribution in [-0.4, -0.2) is 44.8 Å². The summed E-state index contributed by atoms with van der Waals surface area (Å²) in [7, 11) is 0. The Kier molecular flexibility index (Phi) is 6.14. The molecule has 3 heterocycles. The topological polar surface area (TPSA) is 49.3 Å². The molecule has 0 aromatic carbocycles. The largest absolute Gasteiger partial charge is 0.331 e. The Hall–Kier alpha value is -1.79. The molecule has 0 unspecified atom stereocenters. The fraction of sp³-hybridized carbons (Fsp3) is 0.571. The van der Waals surface area contributed by atoms with Crippen LogP contribution in [0, 0.1) is 0 Å². The van der Waals surface area contributed by atoms with E-state index >= 15 is 0 Å². The summed E-state index contributed by atoms with van der Waals surface area (Å²) in [5.74, 6) is 0.142. The fourth-order valence-corrected chi connectivity index (χ4v) is 5.12. The number of likely N-dealkylation sites (tertiary alicyclic amines) is 1. The molecule has 1 amide bonds. The van der Waals surface area contributed by atoms with E-state index in [9.17, 15) is 4.79 Å². The molecule has 2 aromatic rings. The standard InChI is InChI=1S/C21H28N4OS/c26-21(19-14-23-20(27-19)16-24-12-4-5-13-24)25(18-6-2-1-3-7-18)15-17-8-10-22-11-9-17/h8-11,14,18H,1-7,12-13,15-16H2. The van der Waals surface area contributed by atoms with Gasteiger partial charge in [0.2, 0.25) is 0 Å². The predicted molar refractivity (Wildman–Crippen MR) is 108 cm³/mol. The van der Waals surface area contributed by atoms with E-state index in [0.717, 1.165) is 47.9 Å².